The summed E-state index contributed by atoms with van der Waals surface area (Å²) < 4.78 is 5.55. The molecule has 0 N–H and O–H groups in total. The number of piperidine rings is 1. The zero-order chi connectivity index (χ0) is 19.8. The Morgan fingerprint density at radius 3 is 2.76 bits per heavy atom. The maximum atomic E-state index is 13.0. The maximum absolute atomic E-state index is 13.0. The van der Waals surface area contributed by atoms with Crippen LogP contribution in [0.2, 0.25) is 0 Å². The van der Waals surface area contributed by atoms with Crippen molar-refractivity contribution in [3.05, 3.63) is 41.1 Å². The Bertz CT molecular complexity index is 955. The predicted molar refractivity (Wildman–Crippen MR) is 111 cm³/mol. The molecule has 1 saturated heterocycles. The number of para-hydroxylation sites is 1. The van der Waals surface area contributed by atoms with Gasteiger partial charge in [-0.05, 0) is 55.6 Å². The number of carbonyl (C=O) groups is 2. The summed E-state index contributed by atoms with van der Waals surface area (Å²) in [6.07, 6.45) is 8.98. The number of rotatable bonds is 3. The Morgan fingerprint density at radius 2 is 1.86 bits per heavy atom. The third-order valence-electron chi connectivity index (χ3n) is 7.09. The summed E-state index contributed by atoms with van der Waals surface area (Å²) in [7, 11) is 0. The van der Waals surface area contributed by atoms with Crippen LogP contribution < -0.4 is 0 Å². The van der Waals surface area contributed by atoms with Gasteiger partial charge in [-0.2, -0.15) is 0 Å². The van der Waals surface area contributed by atoms with Crippen LogP contribution in [0.15, 0.2) is 24.3 Å². The zero-order valence-corrected chi connectivity index (χ0v) is 16.9. The fraction of sp³-hybridized carbons (Fsp3) is 0.542. The van der Waals surface area contributed by atoms with Crippen LogP contribution in [-0.2, 0) is 22.4 Å². The molecule has 29 heavy (non-hydrogen) atoms. The summed E-state index contributed by atoms with van der Waals surface area (Å²) in [4.78, 5) is 32.4. The Hall–Kier alpha value is -2.43. The number of esters is 1. The van der Waals surface area contributed by atoms with Crippen molar-refractivity contribution in [3.8, 4) is 0 Å². The van der Waals surface area contributed by atoms with Crippen LogP contribution >= 0.6 is 0 Å². The quantitative estimate of drug-likeness (QED) is 0.743. The second-order valence-electron chi connectivity index (χ2n) is 8.79. The summed E-state index contributed by atoms with van der Waals surface area (Å²) in [5.41, 5.74) is 3.44. The number of benzene rings is 1. The van der Waals surface area contributed by atoms with Crippen LogP contribution in [-0.4, -0.2) is 41.5 Å². The fourth-order valence-corrected chi connectivity index (χ4v) is 5.56. The third kappa shape index (κ3) is 3.52. The van der Waals surface area contributed by atoms with Gasteiger partial charge in [-0.1, -0.05) is 37.5 Å². The molecule has 0 spiro atoms. The molecule has 2 fully saturated rings. The van der Waals surface area contributed by atoms with E-state index in [1.54, 1.807) is 0 Å². The third-order valence-corrected chi connectivity index (χ3v) is 7.09. The number of carbonyl (C=O) groups excluding carboxylic acids is 2. The van der Waals surface area contributed by atoms with E-state index in [0.717, 1.165) is 66.9 Å². The number of fused-ring (bicyclic) bond motifs is 3. The minimum atomic E-state index is -0.386. The zero-order valence-electron chi connectivity index (χ0n) is 16.9. The van der Waals surface area contributed by atoms with Gasteiger partial charge in [0.25, 0.3) is 5.91 Å². The molecular formula is C24H28N2O3. The molecule has 2 aliphatic carbocycles. The number of aromatic nitrogens is 1. The number of nitrogens with zero attached hydrogens (tertiary/aromatic N) is 2. The average molecular weight is 392 g/mol. The molecule has 5 nitrogen and oxygen atoms in total. The van der Waals surface area contributed by atoms with Crippen molar-refractivity contribution in [1.82, 2.24) is 9.88 Å². The van der Waals surface area contributed by atoms with E-state index in [9.17, 15) is 9.59 Å². The summed E-state index contributed by atoms with van der Waals surface area (Å²) in [6.45, 7) is 1.46. The van der Waals surface area contributed by atoms with Gasteiger partial charge in [0.05, 0.1) is 11.1 Å². The SMILES string of the molecule is O=C(OCC(=O)N1CC[C@H]2CCCC[C@@H]2C1)c1c2c(nc3ccccc13)CCC2. The van der Waals surface area contributed by atoms with E-state index in [1.165, 1.54) is 25.7 Å². The monoisotopic (exact) mass is 392 g/mol. The van der Waals surface area contributed by atoms with Crippen LogP contribution in [0.1, 0.15) is 60.1 Å². The Morgan fingerprint density at radius 1 is 1.03 bits per heavy atom. The van der Waals surface area contributed by atoms with Gasteiger partial charge < -0.3 is 9.64 Å². The summed E-state index contributed by atoms with van der Waals surface area (Å²) in [5.74, 6) is 0.964. The minimum absolute atomic E-state index is 0.0580. The lowest BCUT2D eigenvalue weighted by Crippen LogP contribution is -2.46. The molecule has 2 heterocycles. The van der Waals surface area contributed by atoms with Crippen LogP contribution in [0.4, 0.5) is 0 Å². The standard InChI is InChI=1S/C24H28N2O3/c27-22(26-13-12-16-6-1-2-7-17(16)14-26)15-29-24(28)23-18-8-3-4-10-20(18)25-21-11-5-9-19(21)23/h3-4,8,10,16-17H,1-2,5-7,9,11-15H2/t16-,17-/m1/s1. The molecule has 0 radical (unpaired) electrons. The van der Waals surface area contributed by atoms with E-state index in [2.05, 4.69) is 0 Å². The molecule has 1 aliphatic heterocycles. The van der Waals surface area contributed by atoms with Crippen LogP contribution in [0.5, 0.6) is 0 Å². The highest BCUT2D eigenvalue weighted by Gasteiger charge is 2.33. The van der Waals surface area contributed by atoms with Crippen molar-refractivity contribution in [2.45, 2.75) is 51.4 Å². The molecule has 1 aromatic carbocycles. The molecule has 2 aromatic rings. The highest BCUT2D eigenvalue weighted by Crippen LogP contribution is 2.36. The molecule has 1 aromatic heterocycles. The lowest BCUT2D eigenvalue weighted by molar-refractivity contribution is -0.137. The van der Waals surface area contributed by atoms with Gasteiger partial charge in [-0.3, -0.25) is 9.78 Å². The second kappa shape index (κ2) is 7.77. The molecule has 5 heteroatoms. The van der Waals surface area contributed by atoms with E-state index in [1.807, 2.05) is 29.2 Å². The first kappa shape index (κ1) is 18.6. The van der Waals surface area contributed by atoms with Gasteiger partial charge in [-0.25, -0.2) is 4.79 Å². The van der Waals surface area contributed by atoms with E-state index in [4.69, 9.17) is 9.72 Å². The van der Waals surface area contributed by atoms with Crippen LogP contribution in [0.3, 0.4) is 0 Å². The molecule has 152 valence electrons. The molecule has 5 rings (SSSR count). The first-order valence-electron chi connectivity index (χ1n) is 11.1. The fourth-order valence-electron chi connectivity index (χ4n) is 5.56. The molecule has 0 bridgehead atoms. The smallest absolute Gasteiger partial charge is 0.339 e. The second-order valence-corrected chi connectivity index (χ2v) is 8.79. The van der Waals surface area contributed by atoms with Crippen molar-refractivity contribution in [2.75, 3.05) is 19.7 Å². The van der Waals surface area contributed by atoms with Crippen molar-refractivity contribution in [2.24, 2.45) is 11.8 Å². The Labute approximate surface area is 171 Å². The van der Waals surface area contributed by atoms with E-state index in [-0.39, 0.29) is 18.5 Å². The number of hydrogen-bond acceptors (Lipinski definition) is 4. The van der Waals surface area contributed by atoms with Crippen LogP contribution in [0.25, 0.3) is 10.9 Å². The van der Waals surface area contributed by atoms with Crippen LogP contribution in [0, 0.1) is 11.8 Å². The predicted octanol–water partition coefficient (Wildman–Crippen LogP) is 3.92. The Kier molecular flexibility index (Phi) is 4.98. The van der Waals surface area contributed by atoms with Crippen molar-refractivity contribution < 1.29 is 14.3 Å². The number of ether oxygens (including phenoxy) is 1. The normalized spacial score (nSPS) is 23.5. The van der Waals surface area contributed by atoms with E-state index in [0.29, 0.717) is 11.5 Å². The molecule has 3 aliphatic rings. The molecule has 1 amide bonds. The first-order valence-corrected chi connectivity index (χ1v) is 11.1. The van der Waals surface area contributed by atoms with Crippen molar-refractivity contribution >= 4 is 22.8 Å². The largest absolute Gasteiger partial charge is 0.452 e. The summed E-state index contributed by atoms with van der Waals surface area (Å²) in [6, 6.07) is 7.71. The summed E-state index contributed by atoms with van der Waals surface area (Å²) in [5, 5.41) is 0.827. The van der Waals surface area contributed by atoms with Gasteiger partial charge >= 0.3 is 5.97 Å². The molecule has 1 saturated carbocycles. The van der Waals surface area contributed by atoms with Gasteiger partial charge in [0, 0.05) is 24.2 Å². The van der Waals surface area contributed by atoms with Gasteiger partial charge in [-0.15, -0.1) is 0 Å². The average Bonchev–Trinajstić information content (AvgIpc) is 3.23. The lowest BCUT2D eigenvalue weighted by atomic mass is 9.75. The number of amides is 1. The highest BCUT2D eigenvalue weighted by atomic mass is 16.5. The van der Waals surface area contributed by atoms with E-state index >= 15 is 0 Å². The molecule has 2 atom stereocenters. The number of aryl methyl sites for hydroxylation is 1. The number of hydrogen-bond donors (Lipinski definition) is 0. The lowest BCUT2D eigenvalue weighted by Gasteiger charge is -2.41. The number of pyridine rings is 1. The topological polar surface area (TPSA) is 59.5 Å². The first-order chi connectivity index (χ1) is 14.2. The maximum Gasteiger partial charge on any atom is 0.339 e. The van der Waals surface area contributed by atoms with Gasteiger partial charge in [0.2, 0.25) is 0 Å². The molecule has 0 unspecified atom stereocenters. The van der Waals surface area contributed by atoms with E-state index < -0.39 is 0 Å². The van der Waals surface area contributed by atoms with Crippen molar-refractivity contribution in [3.63, 3.8) is 0 Å². The number of likely N-dealkylation sites (tertiary alicyclic amines) is 1. The minimum Gasteiger partial charge on any atom is -0.452 e. The molecular weight excluding hydrogens is 364 g/mol. The Balaban J connectivity index is 1.30. The van der Waals surface area contributed by atoms with Gasteiger partial charge in [0.15, 0.2) is 6.61 Å². The van der Waals surface area contributed by atoms with Crippen molar-refractivity contribution in [1.29, 1.82) is 0 Å². The van der Waals surface area contributed by atoms with Gasteiger partial charge in [0.1, 0.15) is 0 Å². The highest BCUT2D eigenvalue weighted by molar-refractivity contribution is 6.05. The summed E-state index contributed by atoms with van der Waals surface area (Å²) >= 11 is 0.